The maximum Gasteiger partial charge on any atom is 0.416 e. The first-order chi connectivity index (χ1) is 16.5. The van der Waals surface area contributed by atoms with E-state index in [0.29, 0.717) is 17.7 Å². The standard InChI is InChI=1S/C22H19F3N2O7S/c1-3-33-18-10-13(11-19-20(28)26(8-9-32-2)21(29)35-19)4-6-17(18)34-16-7-5-14(22(23,24)25)12-15(16)27(30)31/h4-7,10-12H,3,8-9H2,1-2H3/b19-11+. The van der Waals surface area contributed by atoms with Crippen LogP contribution in [-0.2, 0) is 15.7 Å². The van der Waals surface area contributed by atoms with Crippen molar-refractivity contribution in [2.24, 2.45) is 0 Å². The molecule has 2 aromatic rings. The van der Waals surface area contributed by atoms with Crippen molar-refractivity contribution in [3.05, 3.63) is 62.5 Å². The van der Waals surface area contributed by atoms with Crippen LogP contribution in [0.2, 0.25) is 0 Å². The van der Waals surface area contributed by atoms with Gasteiger partial charge in [-0.1, -0.05) is 6.07 Å². The molecule has 0 unspecified atom stereocenters. The number of carbonyl (C=O) groups is 2. The lowest BCUT2D eigenvalue weighted by Gasteiger charge is -2.14. The van der Waals surface area contributed by atoms with E-state index in [9.17, 15) is 32.9 Å². The van der Waals surface area contributed by atoms with E-state index in [1.54, 1.807) is 6.92 Å². The molecule has 0 spiro atoms. The van der Waals surface area contributed by atoms with Crippen LogP contribution in [0.25, 0.3) is 6.08 Å². The number of benzene rings is 2. The van der Waals surface area contributed by atoms with Gasteiger partial charge in [0.2, 0.25) is 5.75 Å². The van der Waals surface area contributed by atoms with Crippen LogP contribution >= 0.6 is 11.8 Å². The minimum absolute atomic E-state index is 0.0139. The summed E-state index contributed by atoms with van der Waals surface area (Å²) in [6, 6.07) is 6.32. The van der Waals surface area contributed by atoms with Gasteiger partial charge in [0, 0.05) is 13.2 Å². The molecular formula is C22H19F3N2O7S. The van der Waals surface area contributed by atoms with Crippen LogP contribution in [0.15, 0.2) is 41.3 Å². The first kappa shape index (κ1) is 26.0. The van der Waals surface area contributed by atoms with Crippen molar-refractivity contribution in [3.63, 3.8) is 0 Å². The van der Waals surface area contributed by atoms with E-state index in [1.165, 1.54) is 31.4 Å². The lowest BCUT2D eigenvalue weighted by molar-refractivity contribution is -0.385. The van der Waals surface area contributed by atoms with Crippen LogP contribution in [0.4, 0.5) is 23.7 Å². The van der Waals surface area contributed by atoms with Gasteiger partial charge in [0.25, 0.3) is 11.1 Å². The Morgan fingerprint density at radius 3 is 2.46 bits per heavy atom. The number of nitro groups is 1. The average Bonchev–Trinajstić information content (AvgIpc) is 3.05. The van der Waals surface area contributed by atoms with Crippen molar-refractivity contribution < 1.29 is 41.9 Å². The monoisotopic (exact) mass is 512 g/mol. The molecule has 2 amide bonds. The molecule has 0 aromatic heterocycles. The highest BCUT2D eigenvalue weighted by Crippen LogP contribution is 2.41. The number of hydrogen-bond donors (Lipinski definition) is 0. The zero-order chi connectivity index (χ0) is 25.8. The van der Waals surface area contributed by atoms with E-state index in [0.717, 1.165) is 22.7 Å². The Kier molecular flexibility index (Phi) is 8.02. The fraction of sp³-hybridized carbons (Fsp3) is 0.273. The summed E-state index contributed by atoms with van der Waals surface area (Å²) >= 11 is 0.766. The van der Waals surface area contributed by atoms with Crippen LogP contribution in [0.1, 0.15) is 18.1 Å². The molecule has 186 valence electrons. The second-order valence-corrected chi connectivity index (χ2v) is 8.00. The topological polar surface area (TPSA) is 108 Å². The molecule has 13 heteroatoms. The zero-order valence-corrected chi connectivity index (χ0v) is 19.3. The molecule has 1 heterocycles. The molecule has 0 saturated carbocycles. The van der Waals surface area contributed by atoms with Gasteiger partial charge in [0.05, 0.1) is 35.2 Å². The third-order valence-electron chi connectivity index (χ3n) is 4.66. The van der Waals surface area contributed by atoms with E-state index in [-0.39, 0.29) is 36.2 Å². The summed E-state index contributed by atoms with van der Waals surface area (Å²) in [7, 11) is 1.45. The second kappa shape index (κ2) is 10.8. The van der Waals surface area contributed by atoms with Crippen LogP contribution in [-0.4, -0.2) is 47.8 Å². The van der Waals surface area contributed by atoms with Crippen molar-refractivity contribution in [2.45, 2.75) is 13.1 Å². The second-order valence-electron chi connectivity index (χ2n) is 7.00. The summed E-state index contributed by atoms with van der Waals surface area (Å²) in [6.45, 7) is 2.17. The number of halogens is 3. The Labute approximate surface area is 201 Å². The average molecular weight is 512 g/mol. The smallest absolute Gasteiger partial charge is 0.416 e. The van der Waals surface area contributed by atoms with Gasteiger partial charge in [0.1, 0.15) is 0 Å². The quantitative estimate of drug-likeness (QED) is 0.247. The van der Waals surface area contributed by atoms with Crippen molar-refractivity contribution in [2.75, 3.05) is 26.9 Å². The minimum Gasteiger partial charge on any atom is -0.490 e. The first-order valence-corrected chi connectivity index (χ1v) is 10.9. The number of nitro benzene ring substituents is 1. The molecule has 0 aliphatic carbocycles. The van der Waals surface area contributed by atoms with Gasteiger partial charge in [-0.05, 0) is 54.6 Å². The molecule has 1 aliphatic heterocycles. The van der Waals surface area contributed by atoms with Crippen molar-refractivity contribution in [1.82, 2.24) is 4.90 Å². The number of hydrogen-bond acceptors (Lipinski definition) is 8. The predicted octanol–water partition coefficient (Wildman–Crippen LogP) is 5.49. The van der Waals surface area contributed by atoms with Gasteiger partial charge >= 0.3 is 11.9 Å². The number of ether oxygens (including phenoxy) is 3. The number of thioether (sulfide) groups is 1. The molecular weight excluding hydrogens is 493 g/mol. The minimum atomic E-state index is -4.76. The summed E-state index contributed by atoms with van der Waals surface area (Å²) in [5.41, 5.74) is -1.58. The Bertz CT molecular complexity index is 1180. The van der Waals surface area contributed by atoms with E-state index < -0.39 is 39.2 Å². The van der Waals surface area contributed by atoms with E-state index in [1.807, 2.05) is 0 Å². The highest BCUT2D eigenvalue weighted by molar-refractivity contribution is 8.18. The Morgan fingerprint density at radius 1 is 1.11 bits per heavy atom. The lowest BCUT2D eigenvalue weighted by atomic mass is 10.1. The van der Waals surface area contributed by atoms with Gasteiger partial charge in [0.15, 0.2) is 11.5 Å². The third kappa shape index (κ3) is 6.11. The summed E-state index contributed by atoms with van der Waals surface area (Å²) in [4.78, 5) is 36.2. The third-order valence-corrected chi connectivity index (χ3v) is 5.57. The Hall–Kier alpha value is -3.58. The van der Waals surface area contributed by atoms with E-state index >= 15 is 0 Å². The maximum atomic E-state index is 13.0. The highest BCUT2D eigenvalue weighted by atomic mass is 32.2. The van der Waals surface area contributed by atoms with Gasteiger partial charge in [-0.2, -0.15) is 13.2 Å². The summed E-state index contributed by atoms with van der Waals surface area (Å²) in [5.74, 6) is -0.735. The van der Waals surface area contributed by atoms with Crippen molar-refractivity contribution in [1.29, 1.82) is 0 Å². The summed E-state index contributed by atoms with van der Waals surface area (Å²) in [6.07, 6.45) is -3.28. The number of carbonyl (C=O) groups excluding carboxylic acids is 2. The molecule has 2 aromatic carbocycles. The normalized spacial score (nSPS) is 15.1. The van der Waals surface area contributed by atoms with Gasteiger partial charge in [-0.3, -0.25) is 24.6 Å². The van der Waals surface area contributed by atoms with Gasteiger partial charge in [-0.25, -0.2) is 0 Å². The molecule has 1 aliphatic rings. The number of nitrogens with zero attached hydrogens (tertiary/aromatic N) is 2. The number of imide groups is 1. The molecule has 0 bridgehead atoms. The molecule has 1 saturated heterocycles. The fourth-order valence-electron chi connectivity index (χ4n) is 3.03. The predicted molar refractivity (Wildman–Crippen MR) is 120 cm³/mol. The van der Waals surface area contributed by atoms with E-state index in [4.69, 9.17) is 14.2 Å². The fourth-order valence-corrected chi connectivity index (χ4v) is 3.90. The van der Waals surface area contributed by atoms with Crippen molar-refractivity contribution >= 4 is 34.7 Å². The number of methoxy groups -OCH3 is 1. The number of rotatable bonds is 9. The van der Waals surface area contributed by atoms with Crippen LogP contribution in [0.3, 0.4) is 0 Å². The zero-order valence-electron chi connectivity index (χ0n) is 18.5. The van der Waals surface area contributed by atoms with Crippen LogP contribution in [0, 0.1) is 10.1 Å². The summed E-state index contributed by atoms with van der Waals surface area (Å²) in [5, 5.41) is 10.9. The largest absolute Gasteiger partial charge is 0.490 e. The van der Waals surface area contributed by atoms with Gasteiger partial charge < -0.3 is 14.2 Å². The van der Waals surface area contributed by atoms with Crippen molar-refractivity contribution in [3.8, 4) is 17.2 Å². The maximum absolute atomic E-state index is 13.0. The molecule has 0 radical (unpaired) electrons. The Balaban J connectivity index is 1.91. The Morgan fingerprint density at radius 2 is 1.83 bits per heavy atom. The molecule has 9 nitrogen and oxygen atoms in total. The van der Waals surface area contributed by atoms with E-state index in [2.05, 4.69) is 0 Å². The molecule has 1 fully saturated rings. The highest BCUT2D eigenvalue weighted by Gasteiger charge is 2.35. The SMILES string of the molecule is CCOc1cc(/C=C2/SC(=O)N(CCOC)C2=O)ccc1Oc1ccc(C(F)(F)F)cc1[N+](=O)[O-]. The summed E-state index contributed by atoms with van der Waals surface area (Å²) < 4.78 is 54.8. The number of amides is 2. The molecule has 3 rings (SSSR count). The van der Waals surface area contributed by atoms with Crippen LogP contribution in [0.5, 0.6) is 17.2 Å². The number of alkyl halides is 3. The van der Waals surface area contributed by atoms with Gasteiger partial charge in [-0.15, -0.1) is 0 Å². The first-order valence-electron chi connectivity index (χ1n) is 10.1. The molecule has 35 heavy (non-hydrogen) atoms. The molecule has 0 atom stereocenters. The van der Waals surface area contributed by atoms with Crippen LogP contribution < -0.4 is 9.47 Å². The lowest BCUT2D eigenvalue weighted by Crippen LogP contribution is -2.31. The molecule has 0 N–H and O–H groups in total.